The zero-order valence-corrected chi connectivity index (χ0v) is 14.5. The third-order valence-electron chi connectivity index (χ3n) is 3.53. The Labute approximate surface area is 141 Å². The number of sulfone groups is 1. The van der Waals surface area contributed by atoms with Crippen molar-refractivity contribution in [1.29, 1.82) is 0 Å². The Balaban J connectivity index is 2.23. The summed E-state index contributed by atoms with van der Waals surface area (Å²) in [5, 5.41) is 8.86. The largest absolute Gasteiger partial charge is 0.478 e. The van der Waals surface area contributed by atoms with Crippen LogP contribution in [0.25, 0.3) is 0 Å². The first kappa shape index (κ1) is 17.9. The van der Waals surface area contributed by atoms with Crippen molar-refractivity contribution in [3.8, 4) is 0 Å². The molecule has 0 atom stereocenters. The topological polar surface area (TPSA) is 91.8 Å². The number of carbonyl (C=O) groups is 2. The minimum Gasteiger partial charge on any atom is -0.478 e. The van der Waals surface area contributed by atoms with Gasteiger partial charge in [-0.15, -0.1) is 0 Å². The van der Waals surface area contributed by atoms with Crippen molar-refractivity contribution >= 4 is 21.7 Å². The fourth-order valence-electron chi connectivity index (χ4n) is 2.17. The fourth-order valence-corrected chi connectivity index (χ4v) is 3.47. The van der Waals surface area contributed by atoms with Crippen molar-refractivity contribution in [3.63, 3.8) is 0 Å². The number of rotatable bonds is 3. The Hall–Kier alpha value is -2.41. The van der Waals surface area contributed by atoms with Gasteiger partial charge in [-0.25, -0.2) is 13.2 Å². The second-order valence-corrected chi connectivity index (χ2v) is 8.41. The molecule has 1 aromatic carbocycles. The number of aromatic carboxylic acids is 1. The van der Waals surface area contributed by atoms with Gasteiger partial charge in [-0.3, -0.25) is 4.79 Å². The Kier molecular flexibility index (Phi) is 4.66. The molecule has 1 heterocycles. The average molecular weight is 349 g/mol. The van der Waals surface area contributed by atoms with E-state index in [9.17, 15) is 18.0 Å². The summed E-state index contributed by atoms with van der Waals surface area (Å²) in [6.07, 6.45) is 4.32. The van der Waals surface area contributed by atoms with Crippen LogP contribution in [0.4, 0.5) is 0 Å². The molecule has 2 rings (SSSR count). The van der Waals surface area contributed by atoms with Crippen LogP contribution in [-0.4, -0.2) is 36.8 Å². The van der Waals surface area contributed by atoms with Gasteiger partial charge in [-0.05, 0) is 36.4 Å². The number of nitrogens with zero attached hydrogens (tertiary/aromatic N) is 1. The van der Waals surface area contributed by atoms with E-state index in [1.807, 2.05) is 0 Å². The normalized spacial score (nSPS) is 15.1. The molecule has 0 saturated carbocycles. The van der Waals surface area contributed by atoms with E-state index in [0.29, 0.717) is 0 Å². The second kappa shape index (κ2) is 6.24. The third-order valence-corrected chi connectivity index (χ3v) is 5.35. The molecular formula is C17H19NO5S. The molecule has 1 aliphatic rings. The number of allylic oxidation sites excluding steroid dienone is 1. The maximum absolute atomic E-state index is 12.6. The van der Waals surface area contributed by atoms with Gasteiger partial charge in [-0.2, -0.15) is 0 Å². The van der Waals surface area contributed by atoms with Crippen LogP contribution in [0.15, 0.2) is 52.4 Å². The molecule has 1 amide bonds. The maximum atomic E-state index is 12.6. The first-order valence-electron chi connectivity index (χ1n) is 7.31. The number of carboxylic acids is 1. The van der Waals surface area contributed by atoms with Gasteiger partial charge in [0.25, 0.3) is 0 Å². The predicted octanol–water partition coefficient (Wildman–Crippen LogP) is 2.44. The van der Waals surface area contributed by atoms with Crippen LogP contribution in [0.5, 0.6) is 0 Å². The van der Waals surface area contributed by atoms with Gasteiger partial charge in [0, 0.05) is 18.2 Å². The summed E-state index contributed by atoms with van der Waals surface area (Å²) in [4.78, 5) is 24.6. The van der Waals surface area contributed by atoms with Crippen LogP contribution in [0.2, 0.25) is 0 Å². The summed E-state index contributed by atoms with van der Waals surface area (Å²) in [7, 11) is -3.75. The highest BCUT2D eigenvalue weighted by Crippen LogP contribution is 2.25. The lowest BCUT2D eigenvalue weighted by Crippen LogP contribution is -2.37. The molecule has 0 saturated heterocycles. The number of hydrogen-bond acceptors (Lipinski definition) is 4. The lowest BCUT2D eigenvalue weighted by atomic mass is 9.94. The van der Waals surface area contributed by atoms with Crippen LogP contribution in [0, 0.1) is 5.41 Å². The summed E-state index contributed by atoms with van der Waals surface area (Å²) in [6.45, 7) is 5.56. The molecule has 24 heavy (non-hydrogen) atoms. The minimum absolute atomic E-state index is 0.0130. The van der Waals surface area contributed by atoms with E-state index in [0.717, 1.165) is 0 Å². The van der Waals surface area contributed by atoms with Crippen LogP contribution >= 0.6 is 0 Å². The van der Waals surface area contributed by atoms with Crippen molar-refractivity contribution in [2.75, 3.05) is 6.54 Å². The van der Waals surface area contributed by atoms with Gasteiger partial charge in [0.2, 0.25) is 15.7 Å². The van der Waals surface area contributed by atoms with E-state index in [1.165, 1.54) is 47.5 Å². The fraction of sp³-hybridized carbons (Fsp3) is 0.294. The van der Waals surface area contributed by atoms with Crippen LogP contribution < -0.4 is 0 Å². The summed E-state index contributed by atoms with van der Waals surface area (Å²) < 4.78 is 25.1. The van der Waals surface area contributed by atoms with E-state index < -0.39 is 21.2 Å². The third kappa shape index (κ3) is 3.56. The van der Waals surface area contributed by atoms with E-state index in [4.69, 9.17) is 5.11 Å². The molecule has 128 valence electrons. The van der Waals surface area contributed by atoms with Crippen molar-refractivity contribution < 1.29 is 23.1 Å². The number of amides is 1. The first-order chi connectivity index (χ1) is 11.0. The molecule has 0 unspecified atom stereocenters. The van der Waals surface area contributed by atoms with Gasteiger partial charge in [0.05, 0.1) is 15.4 Å². The van der Waals surface area contributed by atoms with E-state index in [-0.39, 0.29) is 27.8 Å². The molecule has 7 heteroatoms. The standard InChI is InChI=1S/C17H19NO5S/c1-17(2,3)16(21)18-10-8-14(9-11-18)24(22,23)13-6-4-12(5-7-13)15(19)20/h4-10H,11H2,1-3H3,(H,19,20). The number of hydrogen-bond donors (Lipinski definition) is 1. The van der Waals surface area contributed by atoms with E-state index >= 15 is 0 Å². The molecule has 0 fully saturated rings. The molecule has 0 radical (unpaired) electrons. The van der Waals surface area contributed by atoms with Crippen molar-refractivity contribution in [1.82, 2.24) is 4.90 Å². The van der Waals surface area contributed by atoms with Crippen LogP contribution in [0.1, 0.15) is 31.1 Å². The van der Waals surface area contributed by atoms with Gasteiger partial charge in [0.1, 0.15) is 0 Å². The molecule has 0 aromatic heterocycles. The van der Waals surface area contributed by atoms with Gasteiger partial charge in [-0.1, -0.05) is 20.8 Å². The monoisotopic (exact) mass is 349 g/mol. The zero-order chi connectivity index (χ0) is 18.1. The lowest BCUT2D eigenvalue weighted by molar-refractivity contribution is -0.136. The highest BCUT2D eigenvalue weighted by atomic mass is 32.2. The molecule has 6 nitrogen and oxygen atoms in total. The van der Waals surface area contributed by atoms with Gasteiger partial charge < -0.3 is 10.0 Å². The lowest BCUT2D eigenvalue weighted by Gasteiger charge is -2.27. The van der Waals surface area contributed by atoms with Crippen molar-refractivity contribution in [2.24, 2.45) is 5.41 Å². The molecule has 1 aliphatic heterocycles. The first-order valence-corrected chi connectivity index (χ1v) is 8.79. The quantitative estimate of drug-likeness (QED) is 0.905. The average Bonchev–Trinajstić information content (AvgIpc) is 2.53. The Morgan fingerprint density at radius 3 is 2.12 bits per heavy atom. The Bertz CT molecular complexity index is 827. The van der Waals surface area contributed by atoms with Gasteiger partial charge >= 0.3 is 5.97 Å². The second-order valence-electron chi connectivity index (χ2n) is 6.46. The highest BCUT2D eigenvalue weighted by Gasteiger charge is 2.28. The van der Waals surface area contributed by atoms with Crippen LogP contribution in [-0.2, 0) is 14.6 Å². The summed E-state index contributed by atoms with van der Waals surface area (Å²) in [5.41, 5.74) is -0.537. The summed E-state index contributed by atoms with van der Waals surface area (Å²) in [5.74, 6) is -1.22. The molecule has 0 spiro atoms. The smallest absolute Gasteiger partial charge is 0.335 e. The van der Waals surface area contributed by atoms with E-state index in [1.54, 1.807) is 20.8 Å². The molecule has 1 aromatic rings. The molecular weight excluding hydrogens is 330 g/mol. The van der Waals surface area contributed by atoms with Crippen molar-refractivity contribution in [3.05, 3.63) is 53.1 Å². The zero-order valence-electron chi connectivity index (χ0n) is 13.7. The summed E-state index contributed by atoms with van der Waals surface area (Å²) in [6, 6.07) is 5.02. The predicted molar refractivity (Wildman–Crippen MR) is 89.0 cm³/mol. The molecule has 0 bridgehead atoms. The SMILES string of the molecule is CC(C)(C)C(=O)N1C=CC(S(=O)(=O)c2ccc(C(=O)O)cc2)=CC1. The van der Waals surface area contributed by atoms with Crippen molar-refractivity contribution in [2.45, 2.75) is 25.7 Å². The number of carboxylic acid groups (broad SMARTS) is 1. The molecule has 1 N–H and O–H groups in total. The van der Waals surface area contributed by atoms with Gasteiger partial charge in [0.15, 0.2) is 0 Å². The Morgan fingerprint density at radius 2 is 1.71 bits per heavy atom. The number of benzene rings is 1. The Morgan fingerprint density at radius 1 is 1.12 bits per heavy atom. The van der Waals surface area contributed by atoms with Crippen LogP contribution in [0.3, 0.4) is 0 Å². The highest BCUT2D eigenvalue weighted by molar-refractivity contribution is 7.95. The molecule has 0 aliphatic carbocycles. The summed E-state index contributed by atoms with van der Waals surface area (Å²) >= 11 is 0. The van der Waals surface area contributed by atoms with E-state index in [2.05, 4.69) is 0 Å². The maximum Gasteiger partial charge on any atom is 0.335 e. The number of carbonyl (C=O) groups excluding carboxylic acids is 1. The minimum atomic E-state index is -3.75.